The second-order valence-corrected chi connectivity index (χ2v) is 8.18. The molecule has 0 aliphatic carbocycles. The lowest BCUT2D eigenvalue weighted by atomic mass is 10.1. The Hall–Kier alpha value is -0.700. The zero-order valence-electron chi connectivity index (χ0n) is 11.5. The molecule has 118 valence electrons. The Morgan fingerprint density at radius 3 is 2.52 bits per heavy atom. The molecule has 0 aliphatic rings. The topological polar surface area (TPSA) is 72.5 Å². The highest BCUT2D eigenvalue weighted by atomic mass is 79.9. The third kappa shape index (κ3) is 4.91. The van der Waals surface area contributed by atoms with Crippen molar-refractivity contribution in [3.8, 4) is 0 Å². The molecular formula is C12H14BrClFNO4S. The molecule has 0 bridgehead atoms. The molecule has 0 saturated heterocycles. The maximum absolute atomic E-state index is 13.5. The van der Waals surface area contributed by atoms with Crippen molar-refractivity contribution in [1.82, 2.24) is 5.32 Å². The van der Waals surface area contributed by atoms with Crippen LogP contribution in [0.15, 0.2) is 21.5 Å². The third-order valence-corrected chi connectivity index (χ3v) is 5.20. The van der Waals surface area contributed by atoms with Gasteiger partial charge in [-0.05, 0) is 41.9 Å². The van der Waals surface area contributed by atoms with Crippen molar-refractivity contribution in [1.29, 1.82) is 0 Å². The Labute approximate surface area is 135 Å². The lowest BCUT2D eigenvalue weighted by Gasteiger charge is -2.23. The summed E-state index contributed by atoms with van der Waals surface area (Å²) in [5, 5.41) is 2.54. The van der Waals surface area contributed by atoms with Crippen LogP contribution in [0.1, 0.15) is 24.2 Å². The zero-order chi connectivity index (χ0) is 16.4. The van der Waals surface area contributed by atoms with E-state index in [1.165, 1.54) is 7.11 Å². The first-order valence-corrected chi connectivity index (χ1v) is 8.85. The van der Waals surface area contributed by atoms with E-state index >= 15 is 0 Å². The van der Waals surface area contributed by atoms with Crippen LogP contribution in [-0.4, -0.2) is 33.6 Å². The highest BCUT2D eigenvalue weighted by Crippen LogP contribution is 2.29. The molecule has 0 unspecified atom stereocenters. The molecule has 21 heavy (non-hydrogen) atoms. The monoisotopic (exact) mass is 401 g/mol. The lowest BCUT2D eigenvalue weighted by molar-refractivity contribution is 0.0228. The van der Waals surface area contributed by atoms with E-state index < -0.39 is 31.3 Å². The highest BCUT2D eigenvalue weighted by Gasteiger charge is 2.24. The highest BCUT2D eigenvalue weighted by molar-refractivity contribution is 9.10. The summed E-state index contributed by atoms with van der Waals surface area (Å²) in [7, 11) is 2.52. The first kappa shape index (κ1) is 18.3. The van der Waals surface area contributed by atoms with Gasteiger partial charge in [0.05, 0.1) is 15.6 Å². The van der Waals surface area contributed by atoms with Gasteiger partial charge < -0.3 is 10.1 Å². The van der Waals surface area contributed by atoms with Crippen molar-refractivity contribution in [2.75, 3.05) is 13.7 Å². The fourth-order valence-corrected chi connectivity index (χ4v) is 3.64. The largest absolute Gasteiger partial charge is 0.377 e. The second kappa shape index (κ2) is 6.60. The minimum atomic E-state index is -4.18. The van der Waals surface area contributed by atoms with Gasteiger partial charge in [-0.25, -0.2) is 12.8 Å². The van der Waals surface area contributed by atoms with E-state index in [0.29, 0.717) is 0 Å². The van der Waals surface area contributed by atoms with Gasteiger partial charge in [0.2, 0.25) is 0 Å². The summed E-state index contributed by atoms with van der Waals surface area (Å²) in [4.78, 5) is 11.6. The molecule has 9 heteroatoms. The van der Waals surface area contributed by atoms with E-state index in [9.17, 15) is 17.6 Å². The summed E-state index contributed by atoms with van der Waals surface area (Å²) >= 11 is 2.97. The molecule has 0 radical (unpaired) electrons. The van der Waals surface area contributed by atoms with Crippen molar-refractivity contribution >= 4 is 41.6 Å². The number of rotatable bonds is 5. The molecule has 1 aromatic rings. The van der Waals surface area contributed by atoms with Crippen molar-refractivity contribution in [2.24, 2.45) is 0 Å². The molecule has 0 heterocycles. The van der Waals surface area contributed by atoms with E-state index in [1.807, 2.05) is 0 Å². The van der Waals surface area contributed by atoms with Gasteiger partial charge in [-0.1, -0.05) is 0 Å². The number of ether oxygens (including phenoxy) is 1. The molecule has 1 N–H and O–H groups in total. The quantitative estimate of drug-likeness (QED) is 0.769. The molecule has 0 fully saturated rings. The van der Waals surface area contributed by atoms with Gasteiger partial charge in [-0.3, -0.25) is 4.79 Å². The molecule has 5 nitrogen and oxygen atoms in total. The Morgan fingerprint density at radius 1 is 1.48 bits per heavy atom. The molecule has 1 rings (SSSR count). The average molecular weight is 403 g/mol. The first-order valence-electron chi connectivity index (χ1n) is 5.75. The van der Waals surface area contributed by atoms with E-state index in [0.717, 1.165) is 12.1 Å². The van der Waals surface area contributed by atoms with E-state index in [4.69, 9.17) is 15.4 Å². The Bertz CT molecular complexity index is 663. The summed E-state index contributed by atoms with van der Waals surface area (Å²) in [5.41, 5.74) is -0.780. The Balaban J connectivity index is 3.14. The fourth-order valence-electron chi connectivity index (χ4n) is 1.37. The number of hydrogen-bond acceptors (Lipinski definition) is 4. The van der Waals surface area contributed by atoms with Crippen LogP contribution < -0.4 is 5.32 Å². The number of hydrogen-bond donors (Lipinski definition) is 1. The molecule has 0 aromatic heterocycles. The van der Waals surface area contributed by atoms with Gasteiger partial charge in [-0.15, -0.1) is 0 Å². The number of carbonyl (C=O) groups excluding carboxylic acids is 1. The van der Waals surface area contributed by atoms with Crippen molar-refractivity contribution < 1.29 is 22.3 Å². The van der Waals surface area contributed by atoms with Gasteiger partial charge >= 0.3 is 0 Å². The number of amides is 1. The predicted octanol–water partition coefficient (Wildman–Crippen LogP) is 2.67. The van der Waals surface area contributed by atoms with Crippen molar-refractivity contribution in [2.45, 2.75) is 24.3 Å². The van der Waals surface area contributed by atoms with Crippen LogP contribution in [0.3, 0.4) is 0 Å². The van der Waals surface area contributed by atoms with Crippen LogP contribution in [0.4, 0.5) is 4.39 Å². The summed E-state index contributed by atoms with van der Waals surface area (Å²) in [6, 6.07) is 1.66. The SMILES string of the molecule is COC(C)(C)CNC(=O)c1cc(F)cc(S(=O)(=O)Cl)c1Br. The molecular weight excluding hydrogens is 389 g/mol. The van der Waals surface area contributed by atoms with Crippen molar-refractivity contribution in [3.05, 3.63) is 28.0 Å². The predicted molar refractivity (Wildman–Crippen MR) is 80.6 cm³/mol. The maximum atomic E-state index is 13.5. The summed E-state index contributed by atoms with van der Waals surface area (Å²) in [5.74, 6) is -1.53. The molecule has 0 aliphatic heterocycles. The summed E-state index contributed by atoms with van der Waals surface area (Å²) < 4.78 is 41.3. The van der Waals surface area contributed by atoms with Gasteiger partial charge in [0.1, 0.15) is 10.7 Å². The van der Waals surface area contributed by atoms with E-state index in [2.05, 4.69) is 21.2 Å². The molecule has 0 saturated carbocycles. The minimum absolute atomic E-state index is 0.0911. The van der Waals surface area contributed by atoms with Gasteiger partial charge in [0, 0.05) is 24.3 Å². The number of methoxy groups -OCH3 is 1. The zero-order valence-corrected chi connectivity index (χ0v) is 14.7. The number of benzene rings is 1. The molecule has 0 atom stereocenters. The maximum Gasteiger partial charge on any atom is 0.262 e. The van der Waals surface area contributed by atoms with Crippen LogP contribution in [0, 0.1) is 5.82 Å². The first-order chi connectivity index (χ1) is 9.48. The van der Waals surface area contributed by atoms with Crippen molar-refractivity contribution in [3.63, 3.8) is 0 Å². The minimum Gasteiger partial charge on any atom is -0.377 e. The van der Waals surface area contributed by atoms with Crippen LogP contribution in [0.5, 0.6) is 0 Å². The third-order valence-electron chi connectivity index (χ3n) is 2.74. The fraction of sp³-hybridized carbons (Fsp3) is 0.417. The standard InChI is InChI=1S/C12H14BrClFNO4S/c1-12(2,20-3)6-16-11(17)8-4-7(15)5-9(10(8)13)21(14,18)19/h4-5H,6H2,1-3H3,(H,16,17). The van der Waals surface area contributed by atoms with E-state index in [1.54, 1.807) is 13.8 Å². The van der Waals surface area contributed by atoms with Crippen LogP contribution in [-0.2, 0) is 13.8 Å². The van der Waals surface area contributed by atoms with Crippen LogP contribution in [0.25, 0.3) is 0 Å². The normalized spacial score (nSPS) is 12.3. The Morgan fingerprint density at radius 2 is 2.05 bits per heavy atom. The molecule has 1 amide bonds. The Kier molecular flexibility index (Phi) is 5.76. The van der Waals surface area contributed by atoms with E-state index in [-0.39, 0.29) is 16.6 Å². The van der Waals surface area contributed by atoms with Gasteiger partial charge in [0.15, 0.2) is 0 Å². The summed E-state index contributed by atoms with van der Waals surface area (Å²) in [6.07, 6.45) is 0. The molecule has 1 aromatic carbocycles. The number of halogens is 3. The smallest absolute Gasteiger partial charge is 0.262 e. The average Bonchev–Trinajstić information content (AvgIpc) is 2.37. The molecule has 0 spiro atoms. The van der Waals surface area contributed by atoms with Crippen LogP contribution in [0.2, 0.25) is 0 Å². The van der Waals surface area contributed by atoms with Gasteiger partial charge in [-0.2, -0.15) is 0 Å². The second-order valence-electron chi connectivity index (χ2n) is 4.85. The number of nitrogens with one attached hydrogen (secondary N) is 1. The van der Waals surface area contributed by atoms with Crippen LogP contribution >= 0.6 is 26.6 Å². The summed E-state index contributed by atoms with van der Waals surface area (Å²) in [6.45, 7) is 3.67. The number of carbonyl (C=O) groups is 1. The van der Waals surface area contributed by atoms with Gasteiger partial charge in [0.25, 0.3) is 15.0 Å². The lowest BCUT2D eigenvalue weighted by Crippen LogP contribution is -2.39.